The fraction of sp³-hybridized carbons (Fsp3) is 0.667. The molecule has 0 heterocycles. The Balaban J connectivity index is 4.12. The number of hydrogen-bond donors (Lipinski definition) is 1. The van der Waals surface area contributed by atoms with E-state index in [-0.39, 0.29) is 6.54 Å². The average Bonchev–Trinajstić information content (AvgIpc) is 2.15. The summed E-state index contributed by atoms with van der Waals surface area (Å²) in [7, 11) is 0. The fourth-order valence-electron chi connectivity index (χ4n) is 0.799. The maximum Gasteiger partial charge on any atom is 0.347 e. The van der Waals surface area contributed by atoms with Gasteiger partial charge in [0.15, 0.2) is 18.0 Å². The highest BCUT2D eigenvalue weighted by atomic mass is 16.6. The van der Waals surface area contributed by atoms with Gasteiger partial charge in [-0.2, -0.15) is 0 Å². The molecule has 2 atom stereocenters. The molecule has 0 radical (unpaired) electrons. The van der Waals surface area contributed by atoms with Crippen LogP contribution >= 0.6 is 0 Å². The van der Waals surface area contributed by atoms with Crippen molar-refractivity contribution in [3.8, 4) is 0 Å². The van der Waals surface area contributed by atoms with Gasteiger partial charge in [-0.3, -0.25) is 9.59 Å². The van der Waals surface area contributed by atoms with Crippen LogP contribution in [0, 0.1) is 0 Å². The summed E-state index contributed by atoms with van der Waals surface area (Å²) in [5.41, 5.74) is 5.08. The number of nitrogens with two attached hydrogens (primary N) is 1. The second-order valence-electron chi connectivity index (χ2n) is 3.00. The topological polar surface area (TPSA) is 95.7 Å². The molecule has 0 saturated heterocycles. The van der Waals surface area contributed by atoms with Crippen LogP contribution in [0.4, 0.5) is 0 Å². The van der Waals surface area contributed by atoms with Gasteiger partial charge in [0, 0.05) is 6.92 Å². The monoisotopic (exact) mass is 217 g/mol. The first kappa shape index (κ1) is 13.6. The Hall–Kier alpha value is -1.43. The van der Waals surface area contributed by atoms with E-state index in [0.717, 1.165) is 0 Å². The normalized spacial score (nSPS) is 13.9. The highest BCUT2D eigenvalue weighted by Crippen LogP contribution is 2.00. The van der Waals surface area contributed by atoms with Crippen molar-refractivity contribution in [2.45, 2.75) is 33.0 Å². The number of carbonyl (C=O) groups is 3. The highest BCUT2D eigenvalue weighted by Gasteiger charge is 2.22. The number of esters is 2. The third kappa shape index (κ3) is 5.11. The molecule has 2 N–H and O–H groups in total. The summed E-state index contributed by atoms with van der Waals surface area (Å²) >= 11 is 0. The number of ether oxygens (including phenoxy) is 2. The zero-order valence-corrected chi connectivity index (χ0v) is 8.98. The first-order valence-electron chi connectivity index (χ1n) is 4.49. The van der Waals surface area contributed by atoms with Crippen molar-refractivity contribution in [1.82, 2.24) is 0 Å². The van der Waals surface area contributed by atoms with E-state index in [1.807, 2.05) is 0 Å². The van der Waals surface area contributed by atoms with E-state index in [4.69, 9.17) is 10.5 Å². The Bertz CT molecular complexity index is 263. The minimum absolute atomic E-state index is 0.198. The van der Waals surface area contributed by atoms with Crippen molar-refractivity contribution in [3.05, 3.63) is 0 Å². The quantitative estimate of drug-likeness (QED) is 0.617. The Morgan fingerprint density at radius 3 is 2.07 bits per heavy atom. The standard InChI is InChI=1S/C9H15NO5/c1-5(8(12)4-10)15-9(13)6(2)14-7(3)11/h5-6H,4,10H2,1-3H3/t5-,6-/m0/s1. The summed E-state index contributed by atoms with van der Waals surface area (Å²) in [6.45, 7) is 3.76. The molecule has 0 aromatic heterocycles. The summed E-state index contributed by atoms with van der Waals surface area (Å²) in [4.78, 5) is 32.7. The number of ketones is 1. The van der Waals surface area contributed by atoms with E-state index in [9.17, 15) is 14.4 Å². The molecule has 0 spiro atoms. The van der Waals surface area contributed by atoms with E-state index in [1.165, 1.54) is 20.8 Å². The van der Waals surface area contributed by atoms with E-state index in [0.29, 0.717) is 0 Å². The molecular weight excluding hydrogens is 202 g/mol. The Kier molecular flexibility index (Phi) is 5.54. The number of hydrogen-bond acceptors (Lipinski definition) is 6. The third-order valence-electron chi connectivity index (χ3n) is 1.62. The Labute approximate surface area is 87.7 Å². The van der Waals surface area contributed by atoms with Crippen LogP contribution in [-0.4, -0.2) is 36.5 Å². The fourth-order valence-corrected chi connectivity index (χ4v) is 0.799. The molecule has 0 bridgehead atoms. The van der Waals surface area contributed by atoms with Crippen LogP contribution in [0.25, 0.3) is 0 Å². The van der Waals surface area contributed by atoms with Crippen molar-refractivity contribution >= 4 is 17.7 Å². The van der Waals surface area contributed by atoms with E-state index < -0.39 is 29.9 Å². The van der Waals surface area contributed by atoms with Gasteiger partial charge >= 0.3 is 11.9 Å². The molecule has 0 rings (SSSR count). The summed E-state index contributed by atoms with van der Waals surface area (Å²) < 4.78 is 9.29. The number of carbonyl (C=O) groups excluding carboxylic acids is 3. The molecule has 0 aliphatic heterocycles. The van der Waals surface area contributed by atoms with Gasteiger partial charge in [0.2, 0.25) is 0 Å². The molecule has 0 aliphatic carbocycles. The molecule has 0 aromatic rings. The molecule has 0 amide bonds. The van der Waals surface area contributed by atoms with Gasteiger partial charge in [-0.15, -0.1) is 0 Å². The van der Waals surface area contributed by atoms with Crippen LogP contribution in [-0.2, 0) is 23.9 Å². The van der Waals surface area contributed by atoms with Gasteiger partial charge in [-0.05, 0) is 13.8 Å². The van der Waals surface area contributed by atoms with E-state index >= 15 is 0 Å². The molecular formula is C9H15NO5. The SMILES string of the molecule is CC(=O)O[C@@H](C)C(=O)O[C@@H](C)C(=O)CN. The van der Waals surface area contributed by atoms with Crippen molar-refractivity contribution in [2.24, 2.45) is 5.73 Å². The number of rotatable bonds is 5. The van der Waals surface area contributed by atoms with Crippen LogP contribution in [0.3, 0.4) is 0 Å². The number of Topliss-reactive ketones (excluding diaryl/α,β-unsaturated/α-hetero) is 1. The first-order valence-corrected chi connectivity index (χ1v) is 4.49. The van der Waals surface area contributed by atoms with Crippen LogP contribution in [0.1, 0.15) is 20.8 Å². The lowest BCUT2D eigenvalue weighted by atomic mass is 10.2. The molecule has 6 nitrogen and oxygen atoms in total. The van der Waals surface area contributed by atoms with Crippen LogP contribution in [0.2, 0.25) is 0 Å². The lowest BCUT2D eigenvalue weighted by Crippen LogP contribution is -2.34. The average molecular weight is 217 g/mol. The maximum absolute atomic E-state index is 11.2. The molecule has 0 fully saturated rings. The lowest BCUT2D eigenvalue weighted by Gasteiger charge is -2.15. The van der Waals surface area contributed by atoms with Gasteiger partial charge in [0.05, 0.1) is 6.54 Å². The second-order valence-corrected chi connectivity index (χ2v) is 3.00. The largest absolute Gasteiger partial charge is 0.452 e. The van der Waals surface area contributed by atoms with Gasteiger partial charge in [-0.25, -0.2) is 4.79 Å². The summed E-state index contributed by atoms with van der Waals surface area (Å²) in [5, 5.41) is 0. The van der Waals surface area contributed by atoms with Crippen molar-refractivity contribution in [2.75, 3.05) is 6.54 Å². The molecule has 0 saturated carbocycles. The molecule has 0 aromatic carbocycles. The minimum Gasteiger partial charge on any atom is -0.452 e. The van der Waals surface area contributed by atoms with Crippen LogP contribution in [0.5, 0.6) is 0 Å². The third-order valence-corrected chi connectivity index (χ3v) is 1.62. The zero-order valence-electron chi connectivity index (χ0n) is 8.98. The predicted molar refractivity (Wildman–Crippen MR) is 50.8 cm³/mol. The maximum atomic E-state index is 11.2. The summed E-state index contributed by atoms with van der Waals surface area (Å²) in [5.74, 6) is -1.74. The van der Waals surface area contributed by atoms with Gasteiger partial charge in [0.1, 0.15) is 0 Å². The van der Waals surface area contributed by atoms with Crippen molar-refractivity contribution in [1.29, 1.82) is 0 Å². The molecule has 15 heavy (non-hydrogen) atoms. The second kappa shape index (κ2) is 6.13. The Morgan fingerprint density at radius 2 is 1.67 bits per heavy atom. The van der Waals surface area contributed by atoms with Crippen LogP contribution in [0.15, 0.2) is 0 Å². The Morgan fingerprint density at radius 1 is 1.13 bits per heavy atom. The summed E-state index contributed by atoms with van der Waals surface area (Å²) in [6, 6.07) is 0. The van der Waals surface area contributed by atoms with Crippen LogP contribution < -0.4 is 5.73 Å². The molecule has 0 unspecified atom stereocenters. The smallest absolute Gasteiger partial charge is 0.347 e. The molecule has 0 aliphatic rings. The predicted octanol–water partition coefficient (Wildman–Crippen LogP) is -0.602. The van der Waals surface area contributed by atoms with Gasteiger partial charge in [0.25, 0.3) is 0 Å². The van der Waals surface area contributed by atoms with Crippen molar-refractivity contribution < 1.29 is 23.9 Å². The first-order chi connectivity index (χ1) is 6.88. The van der Waals surface area contributed by atoms with E-state index in [1.54, 1.807) is 0 Å². The zero-order chi connectivity index (χ0) is 12.0. The van der Waals surface area contributed by atoms with E-state index in [2.05, 4.69) is 4.74 Å². The molecule has 6 heteroatoms. The highest BCUT2D eigenvalue weighted by molar-refractivity contribution is 5.87. The summed E-state index contributed by atoms with van der Waals surface area (Å²) in [6.07, 6.45) is -1.93. The van der Waals surface area contributed by atoms with Gasteiger partial charge < -0.3 is 15.2 Å². The minimum atomic E-state index is -1.02. The lowest BCUT2D eigenvalue weighted by molar-refractivity contribution is -0.170. The molecule has 86 valence electrons. The van der Waals surface area contributed by atoms with Gasteiger partial charge in [-0.1, -0.05) is 0 Å². The van der Waals surface area contributed by atoms with Crippen molar-refractivity contribution in [3.63, 3.8) is 0 Å².